The normalized spacial score (nSPS) is 17.3. The fourth-order valence-corrected chi connectivity index (χ4v) is 4.00. The van der Waals surface area contributed by atoms with Gasteiger partial charge in [-0.1, -0.05) is 18.2 Å². The summed E-state index contributed by atoms with van der Waals surface area (Å²) in [6, 6.07) is 8.94. The van der Waals surface area contributed by atoms with Crippen molar-refractivity contribution in [2.24, 2.45) is 0 Å². The quantitative estimate of drug-likeness (QED) is 0.926. The Morgan fingerprint density at radius 1 is 1.46 bits per heavy atom. The van der Waals surface area contributed by atoms with Gasteiger partial charge >= 0.3 is 0 Å². The van der Waals surface area contributed by atoms with Crippen LogP contribution in [0.4, 0.5) is 10.8 Å². The molecule has 2 heterocycles. The smallest absolute Gasteiger partial charge is 0.225 e. The summed E-state index contributed by atoms with van der Waals surface area (Å²) in [4.78, 5) is 20.5. The number of benzene rings is 1. The summed E-state index contributed by atoms with van der Waals surface area (Å²) in [5.74, 6) is 0.0383. The summed E-state index contributed by atoms with van der Waals surface area (Å²) < 4.78 is 0. The number of carbonyl (C=O) groups excluding carboxylic acids is 1. The zero-order valence-electron chi connectivity index (χ0n) is 14.5. The van der Waals surface area contributed by atoms with Gasteiger partial charge in [-0.2, -0.15) is 0 Å². The van der Waals surface area contributed by atoms with Crippen molar-refractivity contribution in [1.29, 1.82) is 0 Å². The molecule has 0 saturated heterocycles. The highest BCUT2D eigenvalue weighted by Gasteiger charge is 2.20. The lowest BCUT2D eigenvalue weighted by Crippen LogP contribution is -2.35. The number of fused-ring (bicyclic) bond motifs is 1. The van der Waals surface area contributed by atoms with Gasteiger partial charge in [0, 0.05) is 43.7 Å². The predicted octanol–water partition coefficient (Wildman–Crippen LogP) is 3.01. The van der Waals surface area contributed by atoms with Crippen molar-refractivity contribution in [2.45, 2.75) is 39.9 Å². The molecule has 1 amide bonds. The minimum absolute atomic E-state index is 0.0383. The molecule has 24 heavy (non-hydrogen) atoms. The first-order valence-corrected chi connectivity index (χ1v) is 9.25. The summed E-state index contributed by atoms with van der Waals surface area (Å²) in [6.07, 6.45) is 0. The van der Waals surface area contributed by atoms with Crippen LogP contribution < -0.4 is 15.1 Å². The second-order valence-corrected chi connectivity index (χ2v) is 7.01. The van der Waals surface area contributed by atoms with E-state index in [1.165, 1.54) is 22.6 Å². The van der Waals surface area contributed by atoms with E-state index in [0.717, 1.165) is 30.5 Å². The van der Waals surface area contributed by atoms with Crippen molar-refractivity contribution in [3.63, 3.8) is 0 Å². The van der Waals surface area contributed by atoms with Gasteiger partial charge in [0.15, 0.2) is 5.13 Å². The third-order valence-corrected chi connectivity index (χ3v) is 5.20. The number of para-hydroxylation sites is 1. The first kappa shape index (κ1) is 16.9. The molecule has 1 N–H and O–H groups in total. The lowest BCUT2D eigenvalue weighted by atomic mass is 10.1. The summed E-state index contributed by atoms with van der Waals surface area (Å²) >= 11 is 1.54. The van der Waals surface area contributed by atoms with Gasteiger partial charge in [-0.25, -0.2) is 4.98 Å². The number of hydrogen-bond donors (Lipinski definition) is 1. The van der Waals surface area contributed by atoms with Crippen LogP contribution in [0.15, 0.2) is 29.6 Å². The molecule has 1 unspecified atom stereocenters. The molecular weight excluding hydrogens is 320 g/mol. The van der Waals surface area contributed by atoms with Gasteiger partial charge in [-0.15, -0.1) is 11.3 Å². The van der Waals surface area contributed by atoms with E-state index in [1.807, 2.05) is 6.92 Å². The molecule has 1 aliphatic rings. The van der Waals surface area contributed by atoms with Gasteiger partial charge in [-0.05, 0) is 25.5 Å². The van der Waals surface area contributed by atoms with E-state index in [0.29, 0.717) is 12.6 Å². The van der Waals surface area contributed by atoms with Gasteiger partial charge in [0.2, 0.25) is 5.91 Å². The van der Waals surface area contributed by atoms with Crippen LogP contribution in [0, 0.1) is 0 Å². The van der Waals surface area contributed by atoms with Crippen molar-refractivity contribution < 1.29 is 4.79 Å². The van der Waals surface area contributed by atoms with Gasteiger partial charge < -0.3 is 10.2 Å². The van der Waals surface area contributed by atoms with Gasteiger partial charge in [0.1, 0.15) is 0 Å². The molecule has 0 fully saturated rings. The average Bonchev–Trinajstić information content (AvgIpc) is 2.94. The fraction of sp³-hybridized carbons (Fsp3) is 0.444. The van der Waals surface area contributed by atoms with E-state index in [1.54, 1.807) is 11.8 Å². The van der Waals surface area contributed by atoms with Crippen LogP contribution in [-0.2, 0) is 17.9 Å². The van der Waals surface area contributed by atoms with Crippen molar-refractivity contribution in [1.82, 2.24) is 10.3 Å². The number of hydrogen-bond acceptors (Lipinski definition) is 5. The fourth-order valence-electron chi connectivity index (χ4n) is 3.08. The SMILES string of the molecule is CCN(C(C)=O)c1nc(CN2CC(C)NCc3ccccc32)cs1. The van der Waals surface area contributed by atoms with Crippen LogP contribution in [0.2, 0.25) is 0 Å². The Hall–Kier alpha value is -1.92. The second kappa shape index (κ2) is 7.32. The van der Waals surface area contributed by atoms with E-state index in [-0.39, 0.29) is 5.91 Å². The Kier molecular flexibility index (Phi) is 5.16. The molecule has 0 radical (unpaired) electrons. The van der Waals surface area contributed by atoms with Crippen molar-refractivity contribution >= 4 is 28.1 Å². The van der Waals surface area contributed by atoms with E-state index in [2.05, 4.69) is 51.8 Å². The van der Waals surface area contributed by atoms with Crippen molar-refractivity contribution in [3.05, 3.63) is 40.9 Å². The highest BCUT2D eigenvalue weighted by Crippen LogP contribution is 2.27. The summed E-state index contributed by atoms with van der Waals surface area (Å²) in [6.45, 7) is 9.01. The zero-order valence-corrected chi connectivity index (χ0v) is 15.3. The van der Waals surface area contributed by atoms with Crippen LogP contribution >= 0.6 is 11.3 Å². The van der Waals surface area contributed by atoms with Gasteiger partial charge in [0.05, 0.1) is 12.2 Å². The van der Waals surface area contributed by atoms with Crippen molar-refractivity contribution in [3.8, 4) is 0 Å². The Labute approximate surface area is 147 Å². The molecule has 3 rings (SSSR count). The number of nitrogens with zero attached hydrogens (tertiary/aromatic N) is 3. The molecule has 0 saturated carbocycles. The molecule has 5 nitrogen and oxygen atoms in total. The number of rotatable bonds is 4. The number of carbonyl (C=O) groups is 1. The maximum absolute atomic E-state index is 11.7. The minimum atomic E-state index is 0.0383. The highest BCUT2D eigenvalue weighted by atomic mass is 32.1. The lowest BCUT2D eigenvalue weighted by Gasteiger charge is -2.25. The van der Waals surface area contributed by atoms with Gasteiger partial charge in [-0.3, -0.25) is 9.69 Å². The second-order valence-electron chi connectivity index (χ2n) is 6.18. The zero-order chi connectivity index (χ0) is 17.1. The molecule has 2 aromatic rings. The maximum atomic E-state index is 11.7. The highest BCUT2D eigenvalue weighted by molar-refractivity contribution is 7.14. The Morgan fingerprint density at radius 3 is 3.00 bits per heavy atom. The van der Waals surface area contributed by atoms with E-state index in [4.69, 9.17) is 0 Å². The van der Waals surface area contributed by atoms with Crippen LogP contribution in [0.5, 0.6) is 0 Å². The maximum Gasteiger partial charge on any atom is 0.225 e. The first-order valence-electron chi connectivity index (χ1n) is 8.37. The lowest BCUT2D eigenvalue weighted by molar-refractivity contribution is -0.116. The monoisotopic (exact) mass is 344 g/mol. The van der Waals surface area contributed by atoms with E-state index in [9.17, 15) is 4.79 Å². The number of anilines is 2. The third kappa shape index (κ3) is 3.60. The molecule has 1 atom stereocenters. The van der Waals surface area contributed by atoms with E-state index < -0.39 is 0 Å². The molecule has 0 aliphatic carbocycles. The number of amides is 1. The first-order chi connectivity index (χ1) is 11.6. The summed E-state index contributed by atoms with van der Waals surface area (Å²) in [7, 11) is 0. The average molecular weight is 344 g/mol. The molecule has 1 aromatic heterocycles. The summed E-state index contributed by atoms with van der Waals surface area (Å²) in [5.41, 5.74) is 3.60. The largest absolute Gasteiger partial charge is 0.364 e. The predicted molar refractivity (Wildman–Crippen MR) is 99.6 cm³/mol. The molecule has 0 bridgehead atoms. The van der Waals surface area contributed by atoms with E-state index >= 15 is 0 Å². The number of aromatic nitrogens is 1. The van der Waals surface area contributed by atoms with Gasteiger partial charge in [0.25, 0.3) is 0 Å². The van der Waals surface area contributed by atoms with Crippen molar-refractivity contribution in [2.75, 3.05) is 22.9 Å². The Morgan fingerprint density at radius 2 is 2.25 bits per heavy atom. The summed E-state index contributed by atoms with van der Waals surface area (Å²) in [5, 5.41) is 6.40. The topological polar surface area (TPSA) is 48.5 Å². The molecular formula is C18H24N4OS. The van der Waals surface area contributed by atoms with Crippen LogP contribution in [0.25, 0.3) is 0 Å². The third-order valence-electron chi connectivity index (χ3n) is 4.29. The molecule has 128 valence electrons. The number of nitrogens with one attached hydrogen (secondary N) is 1. The number of thiazole rings is 1. The molecule has 6 heteroatoms. The van der Waals surface area contributed by atoms with Crippen LogP contribution in [0.1, 0.15) is 32.0 Å². The molecule has 0 spiro atoms. The standard InChI is InChI=1S/C18H24N4OS/c1-4-22(14(3)23)18-20-16(12-24-18)11-21-10-13(2)19-9-15-7-5-6-8-17(15)21/h5-8,12-13,19H,4,9-11H2,1-3H3. The Balaban J connectivity index is 1.83. The Bertz CT molecular complexity index is 715. The van der Waals surface area contributed by atoms with Crippen LogP contribution in [0.3, 0.4) is 0 Å². The molecule has 1 aliphatic heterocycles. The minimum Gasteiger partial charge on any atom is -0.364 e. The molecule has 1 aromatic carbocycles. The van der Waals surface area contributed by atoms with Crippen LogP contribution in [-0.4, -0.2) is 30.0 Å².